The van der Waals surface area contributed by atoms with Crippen LogP contribution in [-0.2, 0) is 9.53 Å². The zero-order valence-electron chi connectivity index (χ0n) is 9.58. The molecule has 0 aliphatic carbocycles. The Balaban J connectivity index is 2.40. The molecule has 0 aliphatic heterocycles. The van der Waals surface area contributed by atoms with Crippen molar-refractivity contribution in [3.05, 3.63) is 24.3 Å². The van der Waals surface area contributed by atoms with Gasteiger partial charge in [0.2, 0.25) is 5.91 Å². The van der Waals surface area contributed by atoms with E-state index in [4.69, 9.17) is 0 Å². The molecule has 1 rings (SSSR count). The van der Waals surface area contributed by atoms with Crippen molar-refractivity contribution in [2.75, 3.05) is 24.8 Å². The van der Waals surface area contributed by atoms with Crippen molar-refractivity contribution in [3.63, 3.8) is 0 Å². The van der Waals surface area contributed by atoms with E-state index in [2.05, 4.69) is 10.1 Å². The Hall–Kier alpha value is -1.21. The summed E-state index contributed by atoms with van der Waals surface area (Å²) in [5.74, 6) is -0.613. The predicted octanol–water partition coefficient (Wildman–Crippen LogP) is 2.93. The van der Waals surface area contributed by atoms with Gasteiger partial charge in [-0.1, -0.05) is 6.07 Å². The van der Waals surface area contributed by atoms with Gasteiger partial charge >= 0.3 is 6.18 Å². The zero-order chi connectivity index (χ0) is 13.6. The van der Waals surface area contributed by atoms with E-state index in [1.54, 1.807) is 18.2 Å². The molecular formula is C11H12F3NO2S. The molecule has 18 heavy (non-hydrogen) atoms. The van der Waals surface area contributed by atoms with Crippen LogP contribution in [0.2, 0.25) is 0 Å². The maximum Gasteiger partial charge on any atom is 0.411 e. The van der Waals surface area contributed by atoms with Crippen molar-refractivity contribution in [3.8, 4) is 0 Å². The Morgan fingerprint density at radius 2 is 2.17 bits per heavy atom. The van der Waals surface area contributed by atoms with Crippen LogP contribution in [-0.4, -0.2) is 31.6 Å². The van der Waals surface area contributed by atoms with E-state index in [1.807, 2.05) is 12.3 Å². The van der Waals surface area contributed by atoms with Crippen molar-refractivity contribution in [2.45, 2.75) is 11.1 Å². The minimum atomic E-state index is -4.42. The molecule has 0 saturated carbocycles. The van der Waals surface area contributed by atoms with Gasteiger partial charge in [0.1, 0.15) is 13.2 Å². The third-order valence-corrected chi connectivity index (χ3v) is 2.58. The van der Waals surface area contributed by atoms with E-state index in [-0.39, 0.29) is 0 Å². The molecule has 1 amide bonds. The molecule has 0 atom stereocenters. The number of nitrogens with one attached hydrogen (secondary N) is 1. The first kappa shape index (κ1) is 14.8. The molecule has 1 aromatic rings. The van der Waals surface area contributed by atoms with Crippen LogP contribution in [0, 0.1) is 0 Å². The lowest BCUT2D eigenvalue weighted by Crippen LogP contribution is -2.23. The third-order valence-electron chi connectivity index (χ3n) is 1.85. The van der Waals surface area contributed by atoms with E-state index in [0.29, 0.717) is 5.69 Å². The molecule has 0 aromatic heterocycles. The number of thioether (sulfide) groups is 1. The summed E-state index contributed by atoms with van der Waals surface area (Å²) in [7, 11) is 0. The number of halogens is 3. The molecule has 1 aromatic carbocycles. The van der Waals surface area contributed by atoms with Crippen LogP contribution in [0.5, 0.6) is 0 Å². The number of anilines is 1. The highest BCUT2D eigenvalue weighted by Crippen LogP contribution is 2.19. The van der Waals surface area contributed by atoms with Crippen LogP contribution in [0.4, 0.5) is 18.9 Å². The molecule has 1 N–H and O–H groups in total. The van der Waals surface area contributed by atoms with Crippen LogP contribution in [0.25, 0.3) is 0 Å². The number of amides is 1. The second-order valence-corrected chi connectivity index (χ2v) is 4.27. The molecule has 0 saturated heterocycles. The number of hydrogen-bond donors (Lipinski definition) is 1. The lowest BCUT2D eigenvalue weighted by molar-refractivity contribution is -0.174. The number of carbonyl (C=O) groups is 1. The van der Waals surface area contributed by atoms with Gasteiger partial charge in [-0.2, -0.15) is 13.2 Å². The SMILES string of the molecule is CSc1cccc(NC(=O)COCC(F)(F)F)c1. The Kier molecular flexibility index (Phi) is 5.49. The third kappa shape index (κ3) is 5.92. The average molecular weight is 279 g/mol. The van der Waals surface area contributed by atoms with Gasteiger partial charge < -0.3 is 10.1 Å². The fourth-order valence-electron chi connectivity index (χ4n) is 1.16. The molecule has 100 valence electrons. The van der Waals surface area contributed by atoms with Crippen LogP contribution in [0.3, 0.4) is 0 Å². The lowest BCUT2D eigenvalue weighted by atomic mass is 10.3. The van der Waals surface area contributed by atoms with E-state index < -0.39 is 25.3 Å². The van der Waals surface area contributed by atoms with E-state index in [0.717, 1.165) is 4.90 Å². The first-order valence-electron chi connectivity index (χ1n) is 4.99. The van der Waals surface area contributed by atoms with Crippen molar-refractivity contribution >= 4 is 23.4 Å². The number of rotatable bonds is 5. The molecule has 0 fully saturated rings. The molecule has 0 aliphatic rings. The summed E-state index contributed by atoms with van der Waals surface area (Å²) < 4.78 is 39.6. The van der Waals surface area contributed by atoms with E-state index in [9.17, 15) is 18.0 Å². The highest BCUT2D eigenvalue weighted by Gasteiger charge is 2.27. The molecule has 0 radical (unpaired) electrons. The molecule has 3 nitrogen and oxygen atoms in total. The molecule has 7 heteroatoms. The van der Waals surface area contributed by atoms with Gasteiger partial charge in [-0.05, 0) is 24.5 Å². The van der Waals surface area contributed by atoms with Gasteiger partial charge in [-0.25, -0.2) is 0 Å². The molecule has 0 bridgehead atoms. The predicted molar refractivity (Wildman–Crippen MR) is 63.7 cm³/mol. The van der Waals surface area contributed by atoms with Gasteiger partial charge in [0.05, 0.1) is 0 Å². The van der Waals surface area contributed by atoms with Crippen LogP contribution in [0.1, 0.15) is 0 Å². The first-order valence-corrected chi connectivity index (χ1v) is 6.21. The summed E-state index contributed by atoms with van der Waals surface area (Å²) >= 11 is 1.50. The maximum atomic E-state index is 11.8. The lowest BCUT2D eigenvalue weighted by Gasteiger charge is -2.08. The smallest absolute Gasteiger partial charge is 0.362 e. The van der Waals surface area contributed by atoms with Crippen LogP contribution in [0.15, 0.2) is 29.2 Å². The number of ether oxygens (including phenoxy) is 1. The molecular weight excluding hydrogens is 267 g/mol. The van der Waals surface area contributed by atoms with Gasteiger partial charge in [0, 0.05) is 10.6 Å². The van der Waals surface area contributed by atoms with Crippen LogP contribution < -0.4 is 5.32 Å². The minimum Gasteiger partial charge on any atom is -0.362 e. The van der Waals surface area contributed by atoms with Crippen molar-refractivity contribution in [2.24, 2.45) is 0 Å². The van der Waals surface area contributed by atoms with E-state index in [1.165, 1.54) is 11.8 Å². The number of carbonyl (C=O) groups excluding carboxylic acids is 1. The quantitative estimate of drug-likeness (QED) is 0.842. The van der Waals surface area contributed by atoms with Crippen molar-refractivity contribution in [1.29, 1.82) is 0 Å². The summed E-state index contributed by atoms with van der Waals surface area (Å²) in [5.41, 5.74) is 0.530. The zero-order valence-corrected chi connectivity index (χ0v) is 10.4. The van der Waals surface area contributed by atoms with Gasteiger partial charge in [0.15, 0.2) is 0 Å². The number of benzene rings is 1. The van der Waals surface area contributed by atoms with Crippen molar-refractivity contribution in [1.82, 2.24) is 0 Å². The molecule has 0 spiro atoms. The second-order valence-electron chi connectivity index (χ2n) is 3.39. The molecule has 0 heterocycles. The monoisotopic (exact) mass is 279 g/mol. The van der Waals surface area contributed by atoms with E-state index >= 15 is 0 Å². The van der Waals surface area contributed by atoms with Crippen molar-refractivity contribution < 1.29 is 22.7 Å². The minimum absolute atomic E-state index is 0.530. The molecule has 0 unspecified atom stereocenters. The number of hydrogen-bond acceptors (Lipinski definition) is 3. The summed E-state index contributed by atoms with van der Waals surface area (Å²) in [6, 6.07) is 6.99. The Morgan fingerprint density at radius 3 is 2.78 bits per heavy atom. The summed E-state index contributed by atoms with van der Waals surface area (Å²) in [6.07, 6.45) is -2.54. The van der Waals surface area contributed by atoms with Gasteiger partial charge in [-0.3, -0.25) is 4.79 Å². The summed E-state index contributed by atoms with van der Waals surface area (Å²) in [4.78, 5) is 12.2. The van der Waals surface area contributed by atoms with Gasteiger partial charge in [0.25, 0.3) is 0 Å². The summed E-state index contributed by atoms with van der Waals surface area (Å²) in [5, 5.41) is 2.46. The summed E-state index contributed by atoms with van der Waals surface area (Å²) in [6.45, 7) is -2.05. The fraction of sp³-hybridized carbons (Fsp3) is 0.364. The second kappa shape index (κ2) is 6.65. The largest absolute Gasteiger partial charge is 0.411 e. The highest BCUT2D eigenvalue weighted by molar-refractivity contribution is 7.98. The average Bonchev–Trinajstić information content (AvgIpc) is 2.27. The highest BCUT2D eigenvalue weighted by atomic mass is 32.2. The number of alkyl halides is 3. The topological polar surface area (TPSA) is 38.3 Å². The van der Waals surface area contributed by atoms with Crippen LogP contribution >= 0.6 is 11.8 Å². The Labute approximate surface area is 107 Å². The normalized spacial score (nSPS) is 11.3. The Morgan fingerprint density at radius 1 is 1.44 bits per heavy atom. The first-order chi connectivity index (χ1) is 8.40. The Bertz CT molecular complexity index is 410. The standard InChI is InChI=1S/C11H12F3NO2S/c1-18-9-4-2-3-8(5-9)15-10(16)6-17-7-11(12,13)14/h2-5H,6-7H2,1H3,(H,15,16). The maximum absolute atomic E-state index is 11.8. The fourth-order valence-corrected chi connectivity index (χ4v) is 1.62. The van der Waals surface area contributed by atoms with Gasteiger partial charge in [-0.15, -0.1) is 11.8 Å².